The molecule has 0 spiro atoms. The lowest BCUT2D eigenvalue weighted by Gasteiger charge is -2.44. The van der Waals surface area contributed by atoms with E-state index in [4.69, 9.17) is 18.6 Å². The van der Waals surface area contributed by atoms with Gasteiger partial charge in [0.25, 0.3) is 8.32 Å². The minimum absolute atomic E-state index is 0.0109. The molecule has 338 valence electrons. The van der Waals surface area contributed by atoms with E-state index < -0.39 is 55.6 Å². The van der Waals surface area contributed by atoms with Crippen molar-refractivity contribution in [3.63, 3.8) is 0 Å². The Morgan fingerprint density at radius 1 is 0.968 bits per heavy atom. The number of amides is 1. The lowest BCUT2D eigenvalue weighted by molar-refractivity contribution is -0.180. The Bertz CT molecular complexity index is 2020. The number of carbonyl (C=O) groups excluding carboxylic acids is 3. The van der Waals surface area contributed by atoms with Crippen LogP contribution in [0.5, 0.6) is 0 Å². The van der Waals surface area contributed by atoms with Crippen LogP contribution >= 0.6 is 0 Å². The summed E-state index contributed by atoms with van der Waals surface area (Å²) in [6.07, 6.45) is 5.08. The van der Waals surface area contributed by atoms with Crippen LogP contribution in [0.4, 0.5) is 10.6 Å². The number of nitrogens with one attached hydrogen (secondary N) is 1. The predicted molar refractivity (Wildman–Crippen MR) is 245 cm³/mol. The van der Waals surface area contributed by atoms with E-state index in [1.165, 1.54) is 4.57 Å². The third-order valence-electron chi connectivity index (χ3n) is 12.0. The third kappa shape index (κ3) is 11.5. The number of rotatable bonds is 16. The number of aliphatic imine (C=N–C) groups is 1. The van der Waals surface area contributed by atoms with Gasteiger partial charge in [0.05, 0.1) is 31.0 Å². The lowest BCUT2D eigenvalue weighted by Crippen LogP contribution is -2.67. The highest BCUT2D eigenvalue weighted by Crippen LogP contribution is 2.49. The topological polar surface area (TPSA) is 151 Å². The molecule has 2 aromatic carbocycles. The minimum Gasteiger partial charge on any atom is -0.454 e. The van der Waals surface area contributed by atoms with Gasteiger partial charge in [0.2, 0.25) is 0 Å². The molecule has 1 aliphatic carbocycles. The van der Waals surface area contributed by atoms with Crippen LogP contribution in [0.2, 0.25) is 5.04 Å². The monoisotopic (exact) mass is 871 g/mol. The molecule has 1 aromatic heterocycles. The molecule has 5 atom stereocenters. The van der Waals surface area contributed by atoms with Crippen LogP contribution in [-0.2, 0) is 28.2 Å². The first-order chi connectivity index (χ1) is 29.2. The zero-order chi connectivity index (χ0) is 45.5. The van der Waals surface area contributed by atoms with Gasteiger partial charge >= 0.3 is 17.8 Å². The largest absolute Gasteiger partial charge is 0.454 e. The smallest absolute Gasteiger partial charge is 0.408 e. The van der Waals surface area contributed by atoms with E-state index in [0.29, 0.717) is 12.8 Å². The Hall–Kier alpha value is -4.66. The van der Waals surface area contributed by atoms with Gasteiger partial charge in [-0.25, -0.2) is 14.6 Å². The predicted octanol–water partition coefficient (Wildman–Crippen LogP) is 7.34. The summed E-state index contributed by atoms with van der Waals surface area (Å²) >= 11 is 0. The first-order valence-corrected chi connectivity index (χ1v) is 24.0. The van der Waals surface area contributed by atoms with Crippen molar-refractivity contribution in [2.75, 3.05) is 20.7 Å². The summed E-state index contributed by atoms with van der Waals surface area (Å²) in [5.74, 6) is -1.54. The van der Waals surface area contributed by atoms with Gasteiger partial charge in [-0.1, -0.05) is 115 Å². The van der Waals surface area contributed by atoms with Gasteiger partial charge in [-0.2, -0.15) is 4.98 Å². The molecule has 1 N–H and O–H groups in total. The molecule has 2 aliphatic rings. The fourth-order valence-corrected chi connectivity index (χ4v) is 13.6. The van der Waals surface area contributed by atoms with E-state index in [-0.39, 0.29) is 53.9 Å². The van der Waals surface area contributed by atoms with Crippen LogP contribution < -0.4 is 21.4 Å². The maximum absolute atomic E-state index is 14.3. The van der Waals surface area contributed by atoms with E-state index in [0.717, 1.165) is 29.6 Å². The van der Waals surface area contributed by atoms with Crippen LogP contribution in [-0.4, -0.2) is 91.0 Å². The molecular weight excluding hydrogens is 803 g/mol. The number of benzene rings is 2. The van der Waals surface area contributed by atoms with Gasteiger partial charge in [-0.15, -0.1) is 0 Å². The van der Waals surface area contributed by atoms with E-state index in [1.807, 2.05) is 64.3 Å². The van der Waals surface area contributed by atoms with Crippen molar-refractivity contribution in [1.29, 1.82) is 0 Å². The summed E-state index contributed by atoms with van der Waals surface area (Å²) < 4.78 is 28.1. The number of aromatic nitrogens is 2. The zero-order valence-corrected chi connectivity index (χ0v) is 39.7. The second-order valence-electron chi connectivity index (χ2n) is 19.6. The Morgan fingerprint density at radius 3 is 2.08 bits per heavy atom. The highest BCUT2D eigenvalue weighted by Gasteiger charge is 2.59. The minimum atomic E-state index is -3.12. The first-order valence-electron chi connectivity index (χ1n) is 22.1. The number of hydrogen-bond acceptors (Lipinski definition) is 10. The number of nitrogens with zero attached hydrogens (tertiary/aromatic N) is 4. The van der Waals surface area contributed by atoms with Gasteiger partial charge in [0, 0.05) is 32.6 Å². The molecule has 4 unspecified atom stereocenters. The van der Waals surface area contributed by atoms with Crippen LogP contribution in [0, 0.1) is 17.8 Å². The molecule has 1 aliphatic heterocycles. The van der Waals surface area contributed by atoms with Crippen LogP contribution in [0.25, 0.3) is 0 Å². The van der Waals surface area contributed by atoms with Gasteiger partial charge < -0.3 is 28.9 Å². The maximum Gasteiger partial charge on any atom is 0.408 e. The molecule has 1 saturated carbocycles. The van der Waals surface area contributed by atoms with Crippen molar-refractivity contribution < 1.29 is 33.0 Å². The summed E-state index contributed by atoms with van der Waals surface area (Å²) in [5, 5.41) is 4.59. The number of hydrogen-bond donors (Lipinski definition) is 1. The molecule has 5 rings (SSSR count). The van der Waals surface area contributed by atoms with E-state index in [9.17, 15) is 19.2 Å². The molecule has 1 amide bonds. The number of Topliss-reactive ketones (excluding diaryl/α,β-unsaturated/α-hetero) is 1. The molecule has 0 radical (unpaired) electrons. The normalized spacial score (nSPS) is 21.8. The number of ketones is 1. The van der Waals surface area contributed by atoms with Crippen molar-refractivity contribution in [3.05, 3.63) is 83.4 Å². The van der Waals surface area contributed by atoms with Crippen molar-refractivity contribution >= 4 is 48.7 Å². The first kappa shape index (κ1) is 48.4. The average molecular weight is 872 g/mol. The van der Waals surface area contributed by atoms with Gasteiger partial charge in [0.15, 0.2) is 23.4 Å². The molecule has 13 nitrogen and oxygen atoms in total. The Kier molecular flexibility index (Phi) is 15.8. The summed E-state index contributed by atoms with van der Waals surface area (Å²) in [7, 11) is 0.517. The highest BCUT2D eigenvalue weighted by atomic mass is 28.4. The fourth-order valence-electron chi connectivity index (χ4n) is 8.99. The van der Waals surface area contributed by atoms with Crippen LogP contribution in [0.3, 0.4) is 0 Å². The molecule has 14 heteroatoms. The standard InChI is InChI=1S/C48H69N5O8Si/c1-33(2)41(51-45(57)61-46(3,4)5)38(54)28-27-37-39(31-58-62(47(6,7)8,35-23-17-13-18-24-35)36-25-19-14-20-26-36)59-43(48(37,9)60-42(55)34-21-15-12-16-22-34)53-30-29-40(50-44(53)56)49-32-52(10)11/h13-14,17-20,23-26,29-30,32-34,37,39,41,43H,12,15-16,21-22,27-28,31H2,1-11H3,(H,51,57)/t37?,39?,41-,43?,48?/m0/s1. The molecule has 0 bridgehead atoms. The number of esters is 1. The van der Waals surface area contributed by atoms with Gasteiger partial charge in [0.1, 0.15) is 5.60 Å². The lowest BCUT2D eigenvalue weighted by atomic mass is 9.80. The van der Waals surface area contributed by atoms with Gasteiger partial charge in [-0.3, -0.25) is 14.2 Å². The van der Waals surface area contributed by atoms with Crippen molar-refractivity contribution in [1.82, 2.24) is 19.8 Å². The summed E-state index contributed by atoms with van der Waals surface area (Å²) in [6, 6.07) is 21.3. The fraction of sp³-hybridized carbons (Fsp3) is 0.583. The Balaban J connectivity index is 1.62. The molecule has 62 heavy (non-hydrogen) atoms. The molecular formula is C48H69N5O8Si. The Morgan fingerprint density at radius 2 is 1.56 bits per heavy atom. The van der Waals surface area contributed by atoms with Crippen LogP contribution in [0.1, 0.15) is 113 Å². The quantitative estimate of drug-likeness (QED) is 0.0671. The summed E-state index contributed by atoms with van der Waals surface area (Å²) in [6.45, 7) is 17.5. The number of ether oxygens (including phenoxy) is 3. The average Bonchev–Trinajstić information content (AvgIpc) is 3.47. The molecule has 3 aromatic rings. The molecule has 2 heterocycles. The van der Waals surface area contributed by atoms with E-state index in [2.05, 4.69) is 60.3 Å². The van der Waals surface area contributed by atoms with Crippen molar-refractivity contribution in [2.45, 2.75) is 142 Å². The second kappa shape index (κ2) is 20.2. The third-order valence-corrected chi connectivity index (χ3v) is 17.0. The van der Waals surface area contributed by atoms with Gasteiger partial charge in [-0.05, 0) is 74.4 Å². The second-order valence-corrected chi connectivity index (χ2v) is 23.9. The zero-order valence-electron chi connectivity index (χ0n) is 38.7. The summed E-state index contributed by atoms with van der Waals surface area (Å²) in [4.78, 5) is 65.9. The SMILES string of the molecule is CC(C)[C@H](NC(=O)OC(C)(C)C)C(=O)CCC1C(CO[Si](c2ccccc2)(c2ccccc2)C(C)(C)C)OC(n2ccc(N=CN(C)C)nc2=O)C1(C)OC(=O)C1CCCCC1. The number of carbonyl (C=O) groups is 3. The number of alkyl carbamates (subject to hydrolysis) is 1. The van der Waals surface area contributed by atoms with E-state index in [1.54, 1.807) is 51.2 Å². The maximum atomic E-state index is 14.3. The van der Waals surface area contributed by atoms with E-state index >= 15 is 0 Å². The molecule has 2 fully saturated rings. The Labute approximate surface area is 369 Å². The highest BCUT2D eigenvalue weighted by molar-refractivity contribution is 6.99. The summed E-state index contributed by atoms with van der Waals surface area (Å²) in [5.41, 5.74) is -2.84. The molecule has 1 saturated heterocycles. The van der Waals surface area contributed by atoms with Crippen LogP contribution in [0.15, 0.2) is 82.7 Å². The van der Waals surface area contributed by atoms with Crippen molar-refractivity contribution in [2.24, 2.45) is 22.7 Å². The van der Waals surface area contributed by atoms with Crippen molar-refractivity contribution in [3.8, 4) is 0 Å².